The molecule has 3 aromatic heterocycles. The highest BCUT2D eigenvalue weighted by atomic mass is 19.1. The Kier molecular flexibility index (Phi) is 12.6. The highest BCUT2D eigenvalue weighted by molar-refractivity contribution is 5.93. The number of hydrogen-bond acceptors (Lipinski definition) is 10. The van der Waals surface area contributed by atoms with Gasteiger partial charge in [0.2, 0.25) is 18.0 Å². The van der Waals surface area contributed by atoms with E-state index in [2.05, 4.69) is 20.6 Å². The van der Waals surface area contributed by atoms with Crippen LogP contribution < -0.4 is 20.1 Å². The van der Waals surface area contributed by atoms with Gasteiger partial charge in [0.15, 0.2) is 5.82 Å². The zero-order valence-corrected chi connectivity index (χ0v) is 39.1. The number of nitrogens with zero attached hydrogens (tertiary/aromatic N) is 5. The summed E-state index contributed by atoms with van der Waals surface area (Å²) in [5, 5.41) is 5.76. The summed E-state index contributed by atoms with van der Waals surface area (Å²) in [6.45, 7) is 8.53. The van der Waals surface area contributed by atoms with Crippen molar-refractivity contribution in [3.8, 4) is 45.3 Å². The van der Waals surface area contributed by atoms with Crippen LogP contribution in [-0.2, 0) is 19.1 Å². The fraction of sp³-hybridized carbons (Fsp3) is 0.400. The average Bonchev–Trinajstić information content (AvgIpc) is 4.22. The number of carbonyl (C=O) groups is 4. The molecule has 0 saturated carbocycles. The number of halogens is 1. The number of aromatic amines is 2. The van der Waals surface area contributed by atoms with Gasteiger partial charge in [0.25, 0.3) is 0 Å². The van der Waals surface area contributed by atoms with Crippen molar-refractivity contribution in [2.75, 3.05) is 34.4 Å². The lowest BCUT2D eigenvalue weighted by Crippen LogP contribution is -2.51. The molecule has 6 heterocycles. The first kappa shape index (κ1) is 45.8. The van der Waals surface area contributed by atoms with E-state index in [1.807, 2.05) is 86.9 Å². The van der Waals surface area contributed by atoms with E-state index in [-0.39, 0.29) is 35.7 Å². The molecule has 2 fully saturated rings. The maximum atomic E-state index is 17.4. The summed E-state index contributed by atoms with van der Waals surface area (Å²) in [5.41, 5.74) is 5.07. The molecule has 9 rings (SSSR count). The lowest BCUT2D eigenvalue weighted by molar-refractivity contribution is -0.136. The zero-order valence-electron chi connectivity index (χ0n) is 39.1. The van der Waals surface area contributed by atoms with Crippen molar-refractivity contribution in [1.82, 2.24) is 44.9 Å². The van der Waals surface area contributed by atoms with Crippen LogP contribution in [0.2, 0.25) is 0 Å². The van der Waals surface area contributed by atoms with E-state index in [9.17, 15) is 19.2 Å². The molecule has 6 aromatic rings. The molecule has 3 aromatic carbocycles. The summed E-state index contributed by atoms with van der Waals surface area (Å²) in [6, 6.07) is 16.5. The van der Waals surface area contributed by atoms with Gasteiger partial charge in [-0.15, -0.1) is 0 Å². The summed E-state index contributed by atoms with van der Waals surface area (Å²) in [5.74, 6) is 1.13. The molecule has 356 valence electrons. The first-order valence-corrected chi connectivity index (χ1v) is 23.0. The molecule has 4 amide bonds. The molecule has 18 heteroatoms. The van der Waals surface area contributed by atoms with Crippen LogP contribution in [0.3, 0.4) is 0 Å². The molecule has 3 aliphatic rings. The molecular formula is C50H56FN9O8. The topological polar surface area (TPSA) is 198 Å². The molecule has 0 aliphatic carbocycles. The van der Waals surface area contributed by atoms with Crippen LogP contribution in [-0.4, -0.2) is 105 Å². The number of likely N-dealkylation sites (tertiary alicyclic amines) is 2. The monoisotopic (exact) mass is 929 g/mol. The number of alkyl carbamates (subject to hydrolysis) is 2. The number of H-pyrrole nitrogens is 2. The van der Waals surface area contributed by atoms with Gasteiger partial charge in [-0.3, -0.25) is 14.2 Å². The highest BCUT2D eigenvalue weighted by Gasteiger charge is 2.40. The fourth-order valence-corrected chi connectivity index (χ4v) is 9.79. The Balaban J connectivity index is 1.04. The number of amides is 4. The van der Waals surface area contributed by atoms with Crippen LogP contribution in [0.5, 0.6) is 11.5 Å². The van der Waals surface area contributed by atoms with Crippen molar-refractivity contribution in [2.24, 2.45) is 11.8 Å². The third kappa shape index (κ3) is 8.36. The summed E-state index contributed by atoms with van der Waals surface area (Å²) < 4.78 is 41.3. The van der Waals surface area contributed by atoms with E-state index in [4.69, 9.17) is 28.9 Å². The Morgan fingerprint density at radius 3 is 1.85 bits per heavy atom. The Labute approximate surface area is 392 Å². The molecule has 3 aliphatic heterocycles. The molecule has 2 saturated heterocycles. The Bertz CT molecular complexity index is 2890. The van der Waals surface area contributed by atoms with Gasteiger partial charge >= 0.3 is 12.2 Å². The zero-order chi connectivity index (χ0) is 48.0. The van der Waals surface area contributed by atoms with E-state index in [1.54, 1.807) is 35.4 Å². The second kappa shape index (κ2) is 18.7. The predicted molar refractivity (Wildman–Crippen MR) is 250 cm³/mol. The number of methoxy groups -OCH3 is 3. The number of aromatic nitrogens is 5. The summed E-state index contributed by atoms with van der Waals surface area (Å²) in [6.07, 6.45) is 4.23. The van der Waals surface area contributed by atoms with E-state index in [0.717, 1.165) is 24.0 Å². The van der Waals surface area contributed by atoms with Gasteiger partial charge in [-0.1, -0.05) is 52.0 Å². The normalized spacial score (nSPS) is 18.5. The molecule has 4 N–H and O–H groups in total. The lowest BCUT2D eigenvalue weighted by Gasteiger charge is -2.30. The summed E-state index contributed by atoms with van der Waals surface area (Å²) >= 11 is 0. The first-order chi connectivity index (χ1) is 32.8. The SMILES string of the molecule is COC(=O)NC(C(=O)N1CCCC1c1ncc(-c2ccc3c(c2)OC(c2cccc(OC)c2)n2c-3c(F)c3cc(-c4cnc(C5CCCN5C(=O)C(NC(=O)OC)C(C)C)[nH]4)ccc32)[nH]1)C(C)C. The second-order valence-electron chi connectivity index (χ2n) is 18.2. The Hall–Kier alpha value is -7.37. The molecule has 0 spiro atoms. The van der Waals surface area contributed by atoms with Crippen molar-refractivity contribution >= 4 is 34.9 Å². The third-order valence-corrected chi connectivity index (χ3v) is 13.3. The van der Waals surface area contributed by atoms with Crippen molar-refractivity contribution in [3.05, 3.63) is 96.1 Å². The third-order valence-electron chi connectivity index (χ3n) is 13.3. The van der Waals surface area contributed by atoms with Crippen LogP contribution in [0.15, 0.2) is 73.1 Å². The van der Waals surface area contributed by atoms with Gasteiger partial charge in [-0.25, -0.2) is 23.9 Å². The van der Waals surface area contributed by atoms with Crippen molar-refractivity contribution < 1.29 is 42.5 Å². The number of fused-ring (bicyclic) bond motifs is 5. The van der Waals surface area contributed by atoms with Gasteiger partial charge in [0, 0.05) is 40.7 Å². The van der Waals surface area contributed by atoms with Crippen LogP contribution in [0, 0.1) is 17.7 Å². The Morgan fingerprint density at radius 2 is 1.31 bits per heavy atom. The number of imidazole rings is 2. The number of ether oxygens (including phenoxy) is 4. The highest BCUT2D eigenvalue weighted by Crippen LogP contribution is 2.48. The maximum Gasteiger partial charge on any atom is 0.407 e. The van der Waals surface area contributed by atoms with Crippen molar-refractivity contribution in [2.45, 2.75) is 83.8 Å². The number of carbonyl (C=O) groups excluding carboxylic acids is 4. The molecule has 0 bridgehead atoms. The molecule has 5 unspecified atom stereocenters. The standard InChI is InChI=1S/C50H56FN9O8/c1-26(2)41(56-49(63)66-6)46(61)58-19-9-13-37(58)44-52-24-34(54-44)28-16-18-36-33(22-28)40(51)43-32-17-15-29(23-39(32)68-48(60(36)43)30-11-8-12-31(21-30)65-5)35-25-53-45(55-35)38-14-10-20-59(38)47(62)42(27(3)4)57-50(64)67-7/h8,11-12,15-18,21-27,37-38,41-42,48H,9-10,13-14,19-20H2,1-7H3,(H,52,54)(H,53,55)(H,56,63)(H,57,64). The lowest BCUT2D eigenvalue weighted by atomic mass is 10.0. The fourth-order valence-electron chi connectivity index (χ4n) is 9.79. The summed E-state index contributed by atoms with van der Waals surface area (Å²) in [7, 11) is 4.13. The molecule has 0 radical (unpaired) electrons. The largest absolute Gasteiger partial charge is 0.497 e. The van der Waals surface area contributed by atoms with Crippen LogP contribution in [0.25, 0.3) is 44.7 Å². The Morgan fingerprint density at radius 1 is 0.750 bits per heavy atom. The average molecular weight is 930 g/mol. The quantitative estimate of drug-likeness (QED) is 0.0927. The number of nitrogens with one attached hydrogen (secondary N) is 4. The maximum absolute atomic E-state index is 17.4. The van der Waals surface area contributed by atoms with Gasteiger partial charge in [0.05, 0.1) is 68.4 Å². The first-order valence-electron chi connectivity index (χ1n) is 23.0. The minimum absolute atomic E-state index is 0.168. The van der Waals surface area contributed by atoms with Crippen LogP contribution in [0.4, 0.5) is 14.0 Å². The molecule has 5 atom stereocenters. The molecule has 68 heavy (non-hydrogen) atoms. The predicted octanol–water partition coefficient (Wildman–Crippen LogP) is 8.26. The van der Waals surface area contributed by atoms with Crippen molar-refractivity contribution in [3.63, 3.8) is 0 Å². The number of rotatable bonds is 12. The second-order valence-corrected chi connectivity index (χ2v) is 18.2. The van der Waals surface area contributed by atoms with Crippen LogP contribution in [0.1, 0.15) is 88.9 Å². The van der Waals surface area contributed by atoms with Gasteiger partial charge in [-0.2, -0.15) is 0 Å². The smallest absolute Gasteiger partial charge is 0.407 e. The number of benzene rings is 3. The minimum atomic E-state index is -0.781. The van der Waals surface area contributed by atoms with E-state index < -0.39 is 36.3 Å². The van der Waals surface area contributed by atoms with Gasteiger partial charge in [-0.05, 0) is 73.9 Å². The number of hydrogen-bond donors (Lipinski definition) is 4. The van der Waals surface area contributed by atoms with Gasteiger partial charge in [0.1, 0.15) is 35.2 Å². The van der Waals surface area contributed by atoms with E-state index in [0.29, 0.717) is 88.2 Å². The van der Waals surface area contributed by atoms with Gasteiger partial charge < -0.3 is 49.3 Å². The van der Waals surface area contributed by atoms with E-state index in [1.165, 1.54) is 14.2 Å². The van der Waals surface area contributed by atoms with Crippen LogP contribution >= 0.6 is 0 Å². The van der Waals surface area contributed by atoms with E-state index >= 15 is 4.39 Å². The minimum Gasteiger partial charge on any atom is -0.497 e. The molecular weight excluding hydrogens is 874 g/mol. The summed E-state index contributed by atoms with van der Waals surface area (Å²) in [4.78, 5) is 71.7. The molecule has 17 nitrogen and oxygen atoms in total. The van der Waals surface area contributed by atoms with Crippen molar-refractivity contribution in [1.29, 1.82) is 0 Å².